The molecule has 0 aromatic carbocycles. The zero-order chi connectivity index (χ0) is 13.7. The molecule has 2 rings (SSSR count). The van der Waals surface area contributed by atoms with Crippen LogP contribution < -0.4 is 0 Å². The smallest absolute Gasteiger partial charge is 0.337 e. The summed E-state index contributed by atoms with van der Waals surface area (Å²) in [6.07, 6.45) is 1.19. The van der Waals surface area contributed by atoms with Crippen molar-refractivity contribution in [1.29, 1.82) is 0 Å². The van der Waals surface area contributed by atoms with Crippen molar-refractivity contribution >= 4 is 5.97 Å². The summed E-state index contributed by atoms with van der Waals surface area (Å²) < 4.78 is 7.61. The molecule has 4 nitrogen and oxygen atoms in total. The lowest BCUT2D eigenvalue weighted by Gasteiger charge is -2.52. The quantitative estimate of drug-likeness (QED) is 0.898. The fourth-order valence-electron chi connectivity index (χ4n) is 3.18. The first-order chi connectivity index (χ1) is 8.30. The van der Waals surface area contributed by atoms with E-state index in [4.69, 9.17) is 9.84 Å². The molecular formula is C14H21NO3. The molecule has 1 N–H and O–H groups in total. The number of rotatable bonds is 3. The zero-order valence-electron chi connectivity index (χ0n) is 11.7. The molecule has 1 heterocycles. The van der Waals surface area contributed by atoms with Gasteiger partial charge in [0.2, 0.25) is 0 Å². The molecule has 1 saturated carbocycles. The lowest BCUT2D eigenvalue weighted by atomic mass is 9.64. The summed E-state index contributed by atoms with van der Waals surface area (Å²) in [6.45, 7) is 8.20. The molecule has 100 valence electrons. The summed E-state index contributed by atoms with van der Waals surface area (Å²) in [7, 11) is 1.74. The van der Waals surface area contributed by atoms with E-state index in [0.29, 0.717) is 11.6 Å². The van der Waals surface area contributed by atoms with E-state index in [1.54, 1.807) is 13.2 Å². The molecule has 0 amide bonds. The number of aryl methyl sites for hydroxylation is 1. The highest BCUT2D eigenvalue weighted by molar-refractivity contribution is 5.89. The van der Waals surface area contributed by atoms with E-state index in [0.717, 1.165) is 17.8 Å². The predicted molar refractivity (Wildman–Crippen MR) is 69.1 cm³/mol. The van der Waals surface area contributed by atoms with Crippen molar-refractivity contribution in [2.75, 3.05) is 7.11 Å². The lowest BCUT2D eigenvalue weighted by molar-refractivity contribution is -0.113. The molecule has 4 heteroatoms. The van der Waals surface area contributed by atoms with Crippen LogP contribution in [0, 0.1) is 19.3 Å². The normalized spacial score (nSPS) is 25.8. The highest BCUT2D eigenvalue weighted by Crippen LogP contribution is 2.52. The van der Waals surface area contributed by atoms with Crippen molar-refractivity contribution in [2.45, 2.75) is 46.3 Å². The lowest BCUT2D eigenvalue weighted by Crippen LogP contribution is -2.51. The van der Waals surface area contributed by atoms with E-state index in [1.807, 2.05) is 13.8 Å². The fourth-order valence-corrected chi connectivity index (χ4v) is 3.18. The van der Waals surface area contributed by atoms with E-state index in [2.05, 4.69) is 18.4 Å². The molecule has 0 bridgehead atoms. The summed E-state index contributed by atoms with van der Waals surface area (Å²) in [5, 5.41) is 9.17. The average Bonchev–Trinajstić information content (AvgIpc) is 2.56. The summed E-state index contributed by atoms with van der Waals surface area (Å²) in [4.78, 5) is 11.2. The zero-order valence-corrected chi connectivity index (χ0v) is 11.7. The first kappa shape index (κ1) is 13.1. The van der Waals surface area contributed by atoms with Crippen molar-refractivity contribution in [2.24, 2.45) is 5.41 Å². The molecule has 1 aromatic rings. The Bertz CT molecular complexity index is 487. The largest absolute Gasteiger partial charge is 0.478 e. The molecule has 1 aliphatic rings. The number of aromatic nitrogens is 1. The number of hydrogen-bond acceptors (Lipinski definition) is 2. The molecule has 18 heavy (non-hydrogen) atoms. The second kappa shape index (κ2) is 4.12. The molecule has 1 fully saturated rings. The first-order valence-electron chi connectivity index (χ1n) is 6.25. The van der Waals surface area contributed by atoms with Gasteiger partial charge in [-0.05, 0) is 26.3 Å². The number of ether oxygens (including phenoxy) is 1. The minimum absolute atomic E-state index is 0.0407. The van der Waals surface area contributed by atoms with Crippen LogP contribution in [0.25, 0.3) is 0 Å². The summed E-state index contributed by atoms with van der Waals surface area (Å²) >= 11 is 0. The molecule has 0 radical (unpaired) electrons. The van der Waals surface area contributed by atoms with Crippen LogP contribution in [0.15, 0.2) is 6.07 Å². The van der Waals surface area contributed by atoms with Crippen LogP contribution in [-0.2, 0) is 4.74 Å². The molecular weight excluding hydrogens is 230 g/mol. The van der Waals surface area contributed by atoms with Crippen LogP contribution >= 0.6 is 0 Å². The Hall–Kier alpha value is -1.29. The number of carbonyl (C=O) groups is 1. The van der Waals surface area contributed by atoms with E-state index in [1.165, 1.54) is 0 Å². The summed E-state index contributed by atoms with van der Waals surface area (Å²) in [6, 6.07) is 2.07. The summed E-state index contributed by atoms with van der Waals surface area (Å²) in [5.74, 6) is -0.852. The third kappa shape index (κ3) is 1.67. The van der Waals surface area contributed by atoms with Gasteiger partial charge in [-0.3, -0.25) is 0 Å². The summed E-state index contributed by atoms with van der Waals surface area (Å²) in [5.41, 5.74) is 2.30. The topological polar surface area (TPSA) is 51.5 Å². The van der Waals surface area contributed by atoms with Crippen LogP contribution in [-0.4, -0.2) is 28.9 Å². The van der Waals surface area contributed by atoms with Crippen molar-refractivity contribution < 1.29 is 14.6 Å². The maximum Gasteiger partial charge on any atom is 0.337 e. The SMILES string of the molecule is COC1CC(n2c(C)cc(C(=O)O)c2C)C1(C)C. The van der Waals surface area contributed by atoms with Crippen LogP contribution in [0.3, 0.4) is 0 Å². The Morgan fingerprint density at radius 2 is 2.11 bits per heavy atom. The van der Waals surface area contributed by atoms with Crippen molar-refractivity contribution in [3.05, 3.63) is 23.0 Å². The molecule has 0 aliphatic heterocycles. The van der Waals surface area contributed by atoms with Gasteiger partial charge in [-0.2, -0.15) is 0 Å². The first-order valence-corrected chi connectivity index (χ1v) is 6.25. The van der Waals surface area contributed by atoms with Crippen LogP contribution in [0.4, 0.5) is 0 Å². The van der Waals surface area contributed by atoms with E-state index >= 15 is 0 Å². The van der Waals surface area contributed by atoms with Gasteiger partial charge in [0.1, 0.15) is 0 Å². The Kier molecular flexibility index (Phi) is 3.01. The highest BCUT2D eigenvalue weighted by atomic mass is 16.5. The van der Waals surface area contributed by atoms with Gasteiger partial charge in [-0.15, -0.1) is 0 Å². The number of methoxy groups -OCH3 is 1. The van der Waals surface area contributed by atoms with E-state index in [-0.39, 0.29) is 11.5 Å². The van der Waals surface area contributed by atoms with Crippen LogP contribution in [0.1, 0.15) is 48.1 Å². The molecule has 1 aromatic heterocycles. The number of nitrogens with zero attached hydrogens (tertiary/aromatic N) is 1. The number of hydrogen-bond donors (Lipinski definition) is 1. The number of carboxylic acids is 1. The fraction of sp³-hybridized carbons (Fsp3) is 0.643. The Balaban J connectivity index is 2.39. The van der Waals surface area contributed by atoms with Gasteiger partial charge in [0, 0.05) is 30.0 Å². The van der Waals surface area contributed by atoms with Crippen molar-refractivity contribution in [3.8, 4) is 0 Å². The monoisotopic (exact) mass is 251 g/mol. The van der Waals surface area contributed by atoms with Crippen molar-refractivity contribution in [3.63, 3.8) is 0 Å². The van der Waals surface area contributed by atoms with Gasteiger partial charge >= 0.3 is 5.97 Å². The highest BCUT2D eigenvalue weighted by Gasteiger charge is 2.50. The molecule has 0 saturated heterocycles. The third-order valence-corrected chi connectivity index (χ3v) is 4.44. The molecule has 2 atom stereocenters. The standard InChI is InChI=1S/C14H21NO3/c1-8-6-10(13(16)17)9(2)15(8)11-7-12(18-5)14(11,3)4/h6,11-12H,7H2,1-5H3,(H,16,17). The van der Waals surface area contributed by atoms with Crippen LogP contribution in [0.2, 0.25) is 0 Å². The van der Waals surface area contributed by atoms with Crippen molar-refractivity contribution in [1.82, 2.24) is 4.57 Å². The van der Waals surface area contributed by atoms with Crippen LogP contribution in [0.5, 0.6) is 0 Å². The van der Waals surface area contributed by atoms with E-state index in [9.17, 15) is 4.79 Å². The predicted octanol–water partition coefficient (Wildman–Crippen LogP) is 2.79. The van der Waals surface area contributed by atoms with Gasteiger partial charge < -0.3 is 14.4 Å². The van der Waals surface area contributed by atoms with Gasteiger partial charge in [0.25, 0.3) is 0 Å². The van der Waals surface area contributed by atoms with Gasteiger partial charge in [-0.25, -0.2) is 4.79 Å². The molecule has 1 aliphatic carbocycles. The Morgan fingerprint density at radius 1 is 1.50 bits per heavy atom. The van der Waals surface area contributed by atoms with Gasteiger partial charge in [-0.1, -0.05) is 13.8 Å². The third-order valence-electron chi connectivity index (χ3n) is 4.44. The molecule has 0 spiro atoms. The Labute approximate surface area is 108 Å². The second-order valence-electron chi connectivity index (χ2n) is 5.76. The van der Waals surface area contributed by atoms with E-state index < -0.39 is 5.97 Å². The van der Waals surface area contributed by atoms with Gasteiger partial charge in [0.05, 0.1) is 11.7 Å². The minimum atomic E-state index is -0.852. The minimum Gasteiger partial charge on any atom is -0.478 e. The number of carboxylic acid groups (broad SMARTS) is 1. The second-order valence-corrected chi connectivity index (χ2v) is 5.76. The maximum absolute atomic E-state index is 11.2. The Morgan fingerprint density at radius 3 is 2.50 bits per heavy atom. The van der Waals surface area contributed by atoms with Gasteiger partial charge in [0.15, 0.2) is 0 Å². The maximum atomic E-state index is 11.2. The molecule has 2 unspecified atom stereocenters. The number of aromatic carboxylic acids is 1. The average molecular weight is 251 g/mol.